The van der Waals surface area contributed by atoms with E-state index in [0.717, 1.165) is 24.8 Å². The summed E-state index contributed by atoms with van der Waals surface area (Å²) in [5.41, 5.74) is 0. The lowest BCUT2D eigenvalue weighted by Gasteiger charge is -2.37. The Labute approximate surface area is 92.0 Å². The van der Waals surface area contributed by atoms with Crippen molar-refractivity contribution in [3.8, 4) is 0 Å². The average molecular weight is 207 g/mol. The largest absolute Gasteiger partial charge is 0.339 e. The van der Waals surface area contributed by atoms with Crippen molar-refractivity contribution in [2.75, 3.05) is 6.54 Å². The molecule has 15 heavy (non-hydrogen) atoms. The molecule has 0 aromatic rings. The van der Waals surface area contributed by atoms with Crippen LogP contribution in [0, 0.1) is 17.8 Å². The molecule has 3 aliphatic rings. The molecule has 3 rings (SSSR count). The maximum absolute atomic E-state index is 12.2. The minimum atomic E-state index is 0.291. The number of piperidine rings is 1. The molecule has 1 unspecified atom stereocenters. The predicted molar refractivity (Wildman–Crippen MR) is 59.3 cm³/mol. The lowest BCUT2D eigenvalue weighted by atomic mass is 9.94. The first-order chi connectivity index (χ1) is 7.27. The lowest BCUT2D eigenvalue weighted by molar-refractivity contribution is -0.141. The normalized spacial score (nSPS) is 32.5. The monoisotopic (exact) mass is 207 g/mol. The second-order valence-electron chi connectivity index (χ2n) is 5.74. The molecule has 1 heterocycles. The van der Waals surface area contributed by atoms with Gasteiger partial charge in [-0.05, 0) is 50.4 Å². The summed E-state index contributed by atoms with van der Waals surface area (Å²) >= 11 is 0. The second kappa shape index (κ2) is 3.50. The van der Waals surface area contributed by atoms with Crippen LogP contribution in [0.25, 0.3) is 0 Å². The van der Waals surface area contributed by atoms with Gasteiger partial charge in [0.25, 0.3) is 0 Å². The van der Waals surface area contributed by atoms with Gasteiger partial charge in [-0.15, -0.1) is 0 Å². The van der Waals surface area contributed by atoms with Gasteiger partial charge in [-0.1, -0.05) is 6.92 Å². The van der Waals surface area contributed by atoms with Crippen LogP contribution < -0.4 is 0 Å². The Morgan fingerprint density at radius 2 is 1.73 bits per heavy atom. The van der Waals surface area contributed by atoms with Crippen LogP contribution in [-0.2, 0) is 4.79 Å². The second-order valence-corrected chi connectivity index (χ2v) is 5.74. The fraction of sp³-hybridized carbons (Fsp3) is 0.923. The zero-order chi connectivity index (χ0) is 10.4. The van der Waals surface area contributed by atoms with Crippen LogP contribution in [0.3, 0.4) is 0 Å². The molecule has 2 heteroatoms. The number of carbonyl (C=O) groups is 1. The highest BCUT2D eigenvalue weighted by atomic mass is 16.2. The van der Waals surface area contributed by atoms with Crippen molar-refractivity contribution in [2.24, 2.45) is 17.8 Å². The molecule has 2 nitrogen and oxygen atoms in total. The molecule has 0 spiro atoms. The highest BCUT2D eigenvalue weighted by molar-refractivity contribution is 5.79. The molecule has 0 aromatic heterocycles. The van der Waals surface area contributed by atoms with E-state index < -0.39 is 0 Å². The quantitative estimate of drug-likeness (QED) is 0.696. The van der Waals surface area contributed by atoms with Crippen molar-refractivity contribution in [2.45, 2.75) is 51.5 Å². The number of carbonyl (C=O) groups excluding carboxylic acids is 1. The molecule has 1 atom stereocenters. The van der Waals surface area contributed by atoms with E-state index in [9.17, 15) is 4.79 Å². The van der Waals surface area contributed by atoms with E-state index in [1.165, 1.54) is 32.1 Å². The van der Waals surface area contributed by atoms with Crippen molar-refractivity contribution in [3.05, 3.63) is 0 Å². The Kier molecular flexibility index (Phi) is 2.26. The molecule has 1 aliphatic heterocycles. The summed E-state index contributed by atoms with van der Waals surface area (Å²) in [6, 6.07) is 0.639. The summed E-state index contributed by atoms with van der Waals surface area (Å²) in [5.74, 6) is 2.47. The van der Waals surface area contributed by atoms with E-state index in [1.54, 1.807) is 0 Å². The summed E-state index contributed by atoms with van der Waals surface area (Å²) in [6.07, 6.45) is 7.83. The SMILES string of the molecule is CC1CCCN(C(C2CC2)C2CC2)C1=O. The van der Waals surface area contributed by atoms with Gasteiger partial charge in [-0.25, -0.2) is 0 Å². The Morgan fingerprint density at radius 3 is 2.27 bits per heavy atom. The number of rotatable bonds is 3. The molecule has 2 aliphatic carbocycles. The van der Waals surface area contributed by atoms with Crippen molar-refractivity contribution in [3.63, 3.8) is 0 Å². The minimum absolute atomic E-state index is 0.291. The van der Waals surface area contributed by atoms with E-state index in [4.69, 9.17) is 0 Å². The maximum atomic E-state index is 12.2. The van der Waals surface area contributed by atoms with Crippen LogP contribution in [0.5, 0.6) is 0 Å². The highest BCUT2D eigenvalue weighted by Gasteiger charge is 2.47. The minimum Gasteiger partial charge on any atom is -0.339 e. The summed E-state index contributed by atoms with van der Waals surface area (Å²) < 4.78 is 0. The number of amides is 1. The summed E-state index contributed by atoms with van der Waals surface area (Å²) in [5, 5.41) is 0. The third-order valence-corrected chi connectivity index (χ3v) is 4.31. The van der Waals surface area contributed by atoms with Gasteiger partial charge in [-0.3, -0.25) is 4.79 Å². The molecule has 1 amide bonds. The molecular formula is C13H21NO. The summed E-state index contributed by atoms with van der Waals surface area (Å²) in [7, 11) is 0. The van der Waals surface area contributed by atoms with Gasteiger partial charge in [0.1, 0.15) is 0 Å². The number of hydrogen-bond acceptors (Lipinski definition) is 1. The topological polar surface area (TPSA) is 20.3 Å². The van der Waals surface area contributed by atoms with Crippen LogP contribution >= 0.6 is 0 Å². The standard InChI is InChI=1S/C13H21NO/c1-9-3-2-8-14(13(9)15)12(10-4-5-10)11-6-7-11/h9-12H,2-8H2,1H3. The molecule has 2 saturated carbocycles. The maximum Gasteiger partial charge on any atom is 0.225 e. The molecule has 1 saturated heterocycles. The number of hydrogen-bond donors (Lipinski definition) is 0. The molecule has 0 N–H and O–H groups in total. The fourth-order valence-corrected chi connectivity index (χ4v) is 3.15. The van der Waals surface area contributed by atoms with Crippen molar-refractivity contribution < 1.29 is 4.79 Å². The molecule has 0 radical (unpaired) electrons. The van der Waals surface area contributed by atoms with Gasteiger partial charge >= 0.3 is 0 Å². The zero-order valence-corrected chi connectivity index (χ0v) is 9.61. The van der Waals surface area contributed by atoms with E-state index >= 15 is 0 Å². The van der Waals surface area contributed by atoms with Gasteiger partial charge in [0.05, 0.1) is 0 Å². The summed E-state index contributed by atoms with van der Waals surface area (Å²) in [4.78, 5) is 14.4. The van der Waals surface area contributed by atoms with Crippen LogP contribution in [0.4, 0.5) is 0 Å². The van der Waals surface area contributed by atoms with E-state index in [-0.39, 0.29) is 0 Å². The Morgan fingerprint density at radius 1 is 1.13 bits per heavy atom. The van der Waals surface area contributed by atoms with Gasteiger partial charge in [-0.2, -0.15) is 0 Å². The molecule has 0 bridgehead atoms. The Balaban J connectivity index is 1.74. The summed E-state index contributed by atoms with van der Waals surface area (Å²) in [6.45, 7) is 3.15. The molecule has 84 valence electrons. The average Bonchev–Trinajstić information content (AvgIpc) is 3.06. The van der Waals surface area contributed by atoms with Crippen LogP contribution in [0.1, 0.15) is 45.4 Å². The molecule has 3 fully saturated rings. The van der Waals surface area contributed by atoms with Crippen molar-refractivity contribution >= 4 is 5.91 Å². The zero-order valence-electron chi connectivity index (χ0n) is 9.61. The van der Waals surface area contributed by atoms with Gasteiger partial charge in [0.2, 0.25) is 5.91 Å². The number of nitrogens with zero attached hydrogens (tertiary/aromatic N) is 1. The Hall–Kier alpha value is -0.530. The van der Waals surface area contributed by atoms with Crippen molar-refractivity contribution in [1.29, 1.82) is 0 Å². The van der Waals surface area contributed by atoms with E-state index in [2.05, 4.69) is 11.8 Å². The Bertz CT molecular complexity index is 256. The number of likely N-dealkylation sites (tertiary alicyclic amines) is 1. The first-order valence-corrected chi connectivity index (χ1v) is 6.58. The fourth-order valence-electron chi connectivity index (χ4n) is 3.15. The van der Waals surface area contributed by atoms with Gasteiger partial charge in [0, 0.05) is 18.5 Å². The van der Waals surface area contributed by atoms with E-state index in [1.807, 2.05) is 0 Å². The highest BCUT2D eigenvalue weighted by Crippen LogP contribution is 2.48. The predicted octanol–water partition coefficient (Wildman–Crippen LogP) is 2.43. The molecular weight excluding hydrogens is 186 g/mol. The van der Waals surface area contributed by atoms with Gasteiger partial charge in [0.15, 0.2) is 0 Å². The smallest absolute Gasteiger partial charge is 0.225 e. The lowest BCUT2D eigenvalue weighted by Crippen LogP contribution is -2.48. The molecule has 0 aromatic carbocycles. The third-order valence-electron chi connectivity index (χ3n) is 4.31. The van der Waals surface area contributed by atoms with Gasteiger partial charge < -0.3 is 4.90 Å². The van der Waals surface area contributed by atoms with Crippen molar-refractivity contribution in [1.82, 2.24) is 4.90 Å². The van der Waals surface area contributed by atoms with Crippen LogP contribution in [-0.4, -0.2) is 23.4 Å². The first-order valence-electron chi connectivity index (χ1n) is 6.58. The van der Waals surface area contributed by atoms with E-state index in [0.29, 0.717) is 17.9 Å². The first kappa shape index (κ1) is 9.68. The third kappa shape index (κ3) is 1.79. The van der Waals surface area contributed by atoms with Crippen LogP contribution in [0.2, 0.25) is 0 Å². The van der Waals surface area contributed by atoms with Crippen LogP contribution in [0.15, 0.2) is 0 Å².